The Morgan fingerprint density at radius 2 is 1.93 bits per heavy atom. The average Bonchev–Trinajstić information content (AvgIpc) is 3.54. The standard InChI is InChI=1S/C22H27N5O2/c1-15-21(28)26(14-17-6-7-17)20-19(5-4-12-23-20)27(15)22(29)24-13-16-8-10-18(11-9-16)25(2)3/h4-5,8-12,15,17H,6-7,13-14H2,1-3H3,(H,24,29). The van der Waals surface area contributed by atoms with Gasteiger partial charge in [-0.2, -0.15) is 0 Å². The topological polar surface area (TPSA) is 68.8 Å². The van der Waals surface area contributed by atoms with Gasteiger partial charge in [-0.25, -0.2) is 9.78 Å². The molecule has 4 rings (SSSR count). The first-order chi connectivity index (χ1) is 14.0. The van der Waals surface area contributed by atoms with Crippen LogP contribution in [0.5, 0.6) is 0 Å². The van der Waals surface area contributed by atoms with Gasteiger partial charge in [0.15, 0.2) is 5.82 Å². The lowest BCUT2D eigenvalue weighted by atomic mass is 10.1. The third kappa shape index (κ3) is 3.90. The van der Waals surface area contributed by atoms with Crippen molar-refractivity contribution in [3.05, 3.63) is 48.2 Å². The van der Waals surface area contributed by atoms with Crippen molar-refractivity contribution in [1.29, 1.82) is 0 Å². The van der Waals surface area contributed by atoms with Crippen molar-refractivity contribution < 1.29 is 9.59 Å². The van der Waals surface area contributed by atoms with Gasteiger partial charge in [0, 0.05) is 39.1 Å². The fourth-order valence-corrected chi connectivity index (χ4v) is 3.63. The zero-order chi connectivity index (χ0) is 20.5. The maximum absolute atomic E-state index is 13.0. The van der Waals surface area contributed by atoms with Crippen LogP contribution in [-0.2, 0) is 11.3 Å². The summed E-state index contributed by atoms with van der Waals surface area (Å²) in [4.78, 5) is 35.7. The van der Waals surface area contributed by atoms with Crippen LogP contribution >= 0.6 is 0 Å². The quantitative estimate of drug-likeness (QED) is 0.848. The molecule has 1 N–H and O–H groups in total. The van der Waals surface area contributed by atoms with Crippen LogP contribution in [0.2, 0.25) is 0 Å². The molecule has 152 valence electrons. The minimum absolute atomic E-state index is 0.0754. The van der Waals surface area contributed by atoms with Crippen LogP contribution in [0, 0.1) is 5.92 Å². The van der Waals surface area contributed by atoms with Crippen LogP contribution in [0.15, 0.2) is 42.6 Å². The zero-order valence-corrected chi connectivity index (χ0v) is 17.1. The molecule has 1 saturated carbocycles. The molecule has 1 aliphatic carbocycles. The van der Waals surface area contributed by atoms with Crippen molar-refractivity contribution in [3.8, 4) is 0 Å². The number of benzene rings is 1. The van der Waals surface area contributed by atoms with Crippen LogP contribution in [-0.4, -0.2) is 43.6 Å². The van der Waals surface area contributed by atoms with Gasteiger partial charge in [0.1, 0.15) is 6.04 Å². The second-order valence-electron chi connectivity index (χ2n) is 8.00. The summed E-state index contributed by atoms with van der Waals surface area (Å²) in [6.45, 7) is 2.86. The second kappa shape index (κ2) is 7.73. The number of nitrogens with one attached hydrogen (secondary N) is 1. The molecule has 1 unspecified atom stereocenters. The van der Waals surface area contributed by atoms with Crippen LogP contribution in [0.1, 0.15) is 25.3 Å². The molecule has 7 nitrogen and oxygen atoms in total. The van der Waals surface area contributed by atoms with Crippen LogP contribution < -0.4 is 20.0 Å². The summed E-state index contributed by atoms with van der Waals surface area (Å²) < 4.78 is 0. The summed E-state index contributed by atoms with van der Waals surface area (Å²) in [7, 11) is 3.98. The van der Waals surface area contributed by atoms with Crippen molar-refractivity contribution in [2.24, 2.45) is 5.92 Å². The third-order valence-electron chi connectivity index (χ3n) is 5.54. The van der Waals surface area contributed by atoms with Crippen molar-refractivity contribution in [3.63, 3.8) is 0 Å². The Labute approximate surface area is 171 Å². The van der Waals surface area contributed by atoms with E-state index in [4.69, 9.17) is 0 Å². The minimum atomic E-state index is -0.568. The lowest BCUT2D eigenvalue weighted by Gasteiger charge is -2.39. The maximum atomic E-state index is 13.0. The van der Waals surface area contributed by atoms with Crippen molar-refractivity contribution in [2.45, 2.75) is 32.4 Å². The number of fused-ring (bicyclic) bond motifs is 1. The van der Waals surface area contributed by atoms with Gasteiger partial charge in [-0.15, -0.1) is 0 Å². The van der Waals surface area contributed by atoms with Gasteiger partial charge in [-0.1, -0.05) is 12.1 Å². The minimum Gasteiger partial charge on any atom is -0.378 e. The molecular formula is C22H27N5O2. The van der Waals surface area contributed by atoms with Gasteiger partial charge in [-0.05, 0) is 55.5 Å². The van der Waals surface area contributed by atoms with E-state index in [9.17, 15) is 9.59 Å². The van der Waals surface area contributed by atoms with Crippen molar-refractivity contribution >= 4 is 29.1 Å². The number of nitrogens with zero attached hydrogens (tertiary/aromatic N) is 4. The van der Waals surface area contributed by atoms with E-state index in [0.29, 0.717) is 30.5 Å². The first-order valence-corrected chi connectivity index (χ1v) is 10.1. The average molecular weight is 393 g/mol. The highest BCUT2D eigenvalue weighted by Crippen LogP contribution is 2.38. The summed E-state index contributed by atoms with van der Waals surface area (Å²) in [6, 6.07) is 10.8. The predicted octanol–water partition coefficient (Wildman–Crippen LogP) is 3.01. The molecule has 0 bridgehead atoms. The Bertz CT molecular complexity index is 908. The number of anilines is 3. The summed E-state index contributed by atoms with van der Waals surface area (Å²) in [5.41, 5.74) is 2.79. The van der Waals surface area contributed by atoms with E-state index in [2.05, 4.69) is 10.3 Å². The predicted molar refractivity (Wildman–Crippen MR) is 114 cm³/mol. The monoisotopic (exact) mass is 393 g/mol. The van der Waals surface area contributed by atoms with Crippen LogP contribution in [0.4, 0.5) is 22.0 Å². The molecular weight excluding hydrogens is 366 g/mol. The highest BCUT2D eigenvalue weighted by molar-refractivity contribution is 6.11. The van der Waals surface area contributed by atoms with E-state index in [0.717, 1.165) is 24.1 Å². The number of amides is 3. The SMILES string of the molecule is CC1C(=O)N(CC2CC2)c2ncccc2N1C(=O)NCc1ccc(N(C)C)cc1. The van der Waals surface area contributed by atoms with E-state index < -0.39 is 6.04 Å². The highest BCUT2D eigenvalue weighted by Gasteiger charge is 2.41. The van der Waals surface area contributed by atoms with Crippen molar-refractivity contribution in [2.75, 3.05) is 35.3 Å². The van der Waals surface area contributed by atoms with E-state index >= 15 is 0 Å². The molecule has 0 saturated heterocycles. The van der Waals surface area contributed by atoms with Gasteiger partial charge in [-0.3, -0.25) is 14.6 Å². The van der Waals surface area contributed by atoms with Gasteiger partial charge in [0.2, 0.25) is 0 Å². The maximum Gasteiger partial charge on any atom is 0.323 e. The van der Waals surface area contributed by atoms with E-state index in [1.807, 2.05) is 49.3 Å². The zero-order valence-electron chi connectivity index (χ0n) is 17.1. The van der Waals surface area contributed by atoms with Gasteiger partial charge < -0.3 is 10.2 Å². The number of carbonyl (C=O) groups excluding carboxylic acids is 2. The van der Waals surface area contributed by atoms with Crippen LogP contribution in [0.25, 0.3) is 0 Å². The number of aromatic nitrogens is 1. The number of rotatable bonds is 5. The fourth-order valence-electron chi connectivity index (χ4n) is 3.63. The number of urea groups is 1. The second-order valence-corrected chi connectivity index (χ2v) is 8.00. The fraction of sp³-hybridized carbons (Fsp3) is 0.409. The highest BCUT2D eigenvalue weighted by atomic mass is 16.2. The normalized spacial score (nSPS) is 18.4. The Morgan fingerprint density at radius 3 is 2.59 bits per heavy atom. The smallest absolute Gasteiger partial charge is 0.323 e. The Hall–Kier alpha value is -3.09. The molecule has 1 aromatic carbocycles. The van der Waals surface area contributed by atoms with E-state index in [1.54, 1.807) is 24.1 Å². The molecule has 29 heavy (non-hydrogen) atoms. The lowest BCUT2D eigenvalue weighted by Crippen LogP contribution is -2.57. The summed E-state index contributed by atoms with van der Waals surface area (Å²) in [5, 5.41) is 2.95. The number of hydrogen-bond donors (Lipinski definition) is 1. The molecule has 7 heteroatoms. The molecule has 1 aromatic heterocycles. The molecule has 1 atom stereocenters. The summed E-state index contributed by atoms with van der Waals surface area (Å²) in [5.74, 6) is 1.05. The molecule has 1 aliphatic heterocycles. The summed E-state index contributed by atoms with van der Waals surface area (Å²) in [6.07, 6.45) is 3.97. The van der Waals surface area contributed by atoms with E-state index in [1.165, 1.54) is 4.90 Å². The Balaban J connectivity index is 1.51. The first kappa shape index (κ1) is 19.2. The number of hydrogen-bond acceptors (Lipinski definition) is 4. The molecule has 3 amide bonds. The lowest BCUT2D eigenvalue weighted by molar-refractivity contribution is -0.119. The van der Waals surface area contributed by atoms with Gasteiger partial charge in [0.25, 0.3) is 5.91 Å². The molecule has 1 fully saturated rings. The molecule has 0 radical (unpaired) electrons. The summed E-state index contributed by atoms with van der Waals surface area (Å²) >= 11 is 0. The van der Waals surface area contributed by atoms with E-state index in [-0.39, 0.29) is 11.9 Å². The number of carbonyl (C=O) groups is 2. The van der Waals surface area contributed by atoms with Gasteiger partial charge in [0.05, 0.1) is 5.69 Å². The molecule has 2 aromatic rings. The van der Waals surface area contributed by atoms with Crippen molar-refractivity contribution in [1.82, 2.24) is 10.3 Å². The first-order valence-electron chi connectivity index (χ1n) is 10.1. The molecule has 2 aliphatic rings. The molecule has 2 heterocycles. The largest absolute Gasteiger partial charge is 0.378 e. The van der Waals surface area contributed by atoms with Crippen LogP contribution in [0.3, 0.4) is 0 Å². The Morgan fingerprint density at radius 1 is 1.21 bits per heavy atom. The number of pyridine rings is 1. The van der Waals surface area contributed by atoms with Gasteiger partial charge >= 0.3 is 6.03 Å². The molecule has 0 spiro atoms. The Kier molecular flexibility index (Phi) is 5.13. The third-order valence-corrected chi connectivity index (χ3v) is 5.54.